The van der Waals surface area contributed by atoms with Gasteiger partial charge in [-0.2, -0.15) is 5.26 Å². The van der Waals surface area contributed by atoms with Gasteiger partial charge in [0.2, 0.25) is 0 Å². The first-order valence-electron chi connectivity index (χ1n) is 8.00. The van der Waals surface area contributed by atoms with Gasteiger partial charge in [-0.3, -0.25) is 0 Å². The number of hydrogen-bond donors (Lipinski definition) is 1. The maximum Gasteiger partial charge on any atom is 0.189 e. The Morgan fingerprint density at radius 3 is 2.75 bits per heavy atom. The summed E-state index contributed by atoms with van der Waals surface area (Å²) in [7, 11) is 0. The van der Waals surface area contributed by atoms with Crippen molar-refractivity contribution in [3.8, 4) is 17.3 Å². The Morgan fingerprint density at radius 1 is 1.33 bits per heavy atom. The number of aryl methyl sites for hydroxylation is 1. The van der Waals surface area contributed by atoms with Crippen molar-refractivity contribution < 1.29 is 4.74 Å². The number of hydrogen-bond acceptors (Lipinski definition) is 6. The molecule has 0 bridgehead atoms. The van der Waals surface area contributed by atoms with Crippen LogP contribution in [0.2, 0.25) is 0 Å². The molecule has 6 heteroatoms. The van der Waals surface area contributed by atoms with E-state index < -0.39 is 0 Å². The normalized spacial score (nSPS) is 16.8. The Bertz CT molecular complexity index is 749. The first-order valence-corrected chi connectivity index (χ1v) is 9.22. The molecule has 24 heavy (non-hydrogen) atoms. The molecule has 1 aliphatic heterocycles. The molecule has 1 fully saturated rings. The third kappa shape index (κ3) is 3.69. The molecule has 1 N–H and O–H groups in total. The van der Waals surface area contributed by atoms with Crippen LogP contribution in [0.3, 0.4) is 0 Å². The van der Waals surface area contributed by atoms with Crippen LogP contribution in [0.4, 0.5) is 5.82 Å². The first-order chi connectivity index (χ1) is 11.7. The Morgan fingerprint density at radius 2 is 2.12 bits per heavy atom. The van der Waals surface area contributed by atoms with E-state index in [1.807, 2.05) is 37.4 Å². The summed E-state index contributed by atoms with van der Waals surface area (Å²) in [4.78, 5) is 9.05. The molecule has 124 valence electrons. The minimum Gasteiger partial charge on any atom is -0.376 e. The van der Waals surface area contributed by atoms with Gasteiger partial charge in [-0.05, 0) is 26.0 Å². The van der Waals surface area contributed by atoms with Crippen molar-refractivity contribution in [3.63, 3.8) is 0 Å². The van der Waals surface area contributed by atoms with Gasteiger partial charge in [0, 0.05) is 18.7 Å². The van der Waals surface area contributed by atoms with Crippen LogP contribution in [0.15, 0.2) is 29.4 Å². The topological polar surface area (TPSA) is 70.8 Å². The second-order valence-corrected chi connectivity index (χ2v) is 6.55. The summed E-state index contributed by atoms with van der Waals surface area (Å²) in [6.07, 6.45) is 4.25. The quantitative estimate of drug-likeness (QED) is 0.662. The van der Waals surface area contributed by atoms with Gasteiger partial charge < -0.3 is 10.1 Å². The van der Waals surface area contributed by atoms with Crippen LogP contribution in [-0.4, -0.2) is 35.5 Å². The zero-order valence-electron chi connectivity index (χ0n) is 13.9. The molecule has 1 atom stereocenters. The smallest absolute Gasteiger partial charge is 0.189 e. The van der Waals surface area contributed by atoms with Gasteiger partial charge in [0.25, 0.3) is 0 Å². The second kappa shape index (κ2) is 7.65. The first kappa shape index (κ1) is 16.7. The van der Waals surface area contributed by atoms with Crippen molar-refractivity contribution in [2.24, 2.45) is 0 Å². The Hall–Kier alpha value is -2.10. The van der Waals surface area contributed by atoms with Crippen molar-refractivity contribution in [1.29, 1.82) is 5.26 Å². The second-order valence-electron chi connectivity index (χ2n) is 5.78. The van der Waals surface area contributed by atoms with Crippen LogP contribution in [0.25, 0.3) is 11.3 Å². The largest absolute Gasteiger partial charge is 0.376 e. The molecule has 0 spiro atoms. The predicted molar refractivity (Wildman–Crippen MR) is 96.2 cm³/mol. The lowest BCUT2D eigenvalue weighted by atomic mass is 10.1. The van der Waals surface area contributed by atoms with E-state index in [-0.39, 0.29) is 6.10 Å². The van der Waals surface area contributed by atoms with E-state index >= 15 is 0 Å². The summed E-state index contributed by atoms with van der Waals surface area (Å²) in [5, 5.41) is 13.6. The van der Waals surface area contributed by atoms with E-state index in [4.69, 9.17) is 4.74 Å². The van der Waals surface area contributed by atoms with Crippen molar-refractivity contribution in [1.82, 2.24) is 9.97 Å². The number of aromatic nitrogens is 2. The van der Waals surface area contributed by atoms with Gasteiger partial charge >= 0.3 is 0 Å². The Labute approximate surface area is 146 Å². The van der Waals surface area contributed by atoms with Gasteiger partial charge in [0.05, 0.1) is 11.8 Å². The summed E-state index contributed by atoms with van der Waals surface area (Å²) in [5.74, 6) is 0.586. The van der Waals surface area contributed by atoms with E-state index in [0.29, 0.717) is 28.8 Å². The molecule has 3 rings (SSSR count). The highest BCUT2D eigenvalue weighted by atomic mass is 32.2. The van der Waals surface area contributed by atoms with Crippen molar-refractivity contribution in [2.75, 3.05) is 24.7 Å². The molecular weight excluding hydrogens is 320 g/mol. The molecule has 5 nitrogen and oxygen atoms in total. The average Bonchev–Trinajstić information content (AvgIpc) is 3.13. The van der Waals surface area contributed by atoms with Crippen LogP contribution in [-0.2, 0) is 4.74 Å². The summed E-state index contributed by atoms with van der Waals surface area (Å²) >= 11 is 1.47. The molecule has 0 radical (unpaired) electrons. The zero-order chi connectivity index (χ0) is 16.9. The molecule has 2 heterocycles. The molecule has 2 aromatic rings. The van der Waals surface area contributed by atoms with Crippen LogP contribution < -0.4 is 5.32 Å². The highest BCUT2D eigenvalue weighted by Crippen LogP contribution is 2.28. The SMILES string of the molecule is CSc1nc(NCC2CCCO2)c(C#N)c(-c2ccc(C)cc2)n1. The summed E-state index contributed by atoms with van der Waals surface area (Å²) in [5.41, 5.74) is 3.25. The van der Waals surface area contributed by atoms with Crippen LogP contribution in [0.1, 0.15) is 24.0 Å². The van der Waals surface area contributed by atoms with E-state index in [0.717, 1.165) is 25.0 Å². The minimum atomic E-state index is 0.187. The molecule has 1 unspecified atom stereocenters. The molecule has 0 saturated carbocycles. The van der Waals surface area contributed by atoms with Crippen LogP contribution in [0, 0.1) is 18.3 Å². The molecule has 1 aromatic heterocycles. The van der Waals surface area contributed by atoms with E-state index in [2.05, 4.69) is 21.4 Å². The number of nitrogens with one attached hydrogen (secondary N) is 1. The van der Waals surface area contributed by atoms with Gasteiger partial charge in [0.15, 0.2) is 5.16 Å². The van der Waals surface area contributed by atoms with Gasteiger partial charge in [0.1, 0.15) is 17.5 Å². The highest BCUT2D eigenvalue weighted by Gasteiger charge is 2.19. The molecule has 1 saturated heterocycles. The number of rotatable bonds is 5. The minimum absolute atomic E-state index is 0.187. The van der Waals surface area contributed by atoms with E-state index in [1.54, 1.807) is 0 Å². The lowest BCUT2D eigenvalue weighted by molar-refractivity contribution is 0.120. The fourth-order valence-corrected chi connectivity index (χ4v) is 3.07. The maximum atomic E-state index is 9.66. The third-order valence-electron chi connectivity index (χ3n) is 4.03. The van der Waals surface area contributed by atoms with Crippen LogP contribution in [0.5, 0.6) is 0 Å². The van der Waals surface area contributed by atoms with Crippen molar-refractivity contribution in [2.45, 2.75) is 31.0 Å². The standard InChI is InChI=1S/C18H20N4OS/c1-12-5-7-13(8-6-12)16-15(10-19)17(22-18(21-16)24-2)20-11-14-4-3-9-23-14/h5-8,14H,3-4,9,11H2,1-2H3,(H,20,21,22). The number of thioether (sulfide) groups is 1. The fourth-order valence-electron chi connectivity index (χ4n) is 2.70. The monoisotopic (exact) mass is 340 g/mol. The molecule has 1 aromatic carbocycles. The number of nitrogens with zero attached hydrogens (tertiary/aromatic N) is 3. The van der Waals surface area contributed by atoms with Crippen molar-refractivity contribution in [3.05, 3.63) is 35.4 Å². The van der Waals surface area contributed by atoms with Gasteiger partial charge in [-0.15, -0.1) is 0 Å². The van der Waals surface area contributed by atoms with Crippen molar-refractivity contribution >= 4 is 17.6 Å². The molecule has 0 amide bonds. The number of nitriles is 1. The highest BCUT2D eigenvalue weighted by molar-refractivity contribution is 7.98. The number of anilines is 1. The maximum absolute atomic E-state index is 9.66. The predicted octanol–water partition coefficient (Wildman–Crippen LogP) is 3.64. The van der Waals surface area contributed by atoms with E-state index in [1.165, 1.54) is 17.3 Å². The third-order valence-corrected chi connectivity index (χ3v) is 4.58. The van der Waals surface area contributed by atoms with Gasteiger partial charge in [-0.25, -0.2) is 9.97 Å². The Balaban J connectivity index is 1.96. The lowest BCUT2D eigenvalue weighted by Crippen LogP contribution is -2.20. The Kier molecular flexibility index (Phi) is 5.34. The summed E-state index contributed by atoms with van der Waals surface area (Å²) in [6.45, 7) is 3.51. The summed E-state index contributed by atoms with van der Waals surface area (Å²) < 4.78 is 5.64. The fraction of sp³-hybridized carbons (Fsp3) is 0.389. The molecule has 0 aliphatic carbocycles. The van der Waals surface area contributed by atoms with Crippen LogP contribution >= 0.6 is 11.8 Å². The molecule has 1 aliphatic rings. The average molecular weight is 340 g/mol. The van der Waals surface area contributed by atoms with E-state index in [9.17, 15) is 5.26 Å². The molecular formula is C18H20N4OS. The van der Waals surface area contributed by atoms with Gasteiger partial charge in [-0.1, -0.05) is 41.6 Å². The summed E-state index contributed by atoms with van der Waals surface area (Å²) in [6, 6.07) is 10.3. The lowest BCUT2D eigenvalue weighted by Gasteiger charge is -2.15. The number of benzene rings is 1. The zero-order valence-corrected chi connectivity index (χ0v) is 14.7. The number of ether oxygens (including phenoxy) is 1.